The molecule has 0 fully saturated rings. The lowest BCUT2D eigenvalue weighted by atomic mass is 10.0. The minimum absolute atomic E-state index is 0.0850. The van der Waals surface area contributed by atoms with Gasteiger partial charge >= 0.3 is 0 Å². The summed E-state index contributed by atoms with van der Waals surface area (Å²) in [6, 6.07) is -0.849. The number of hydrogen-bond donors (Lipinski definition) is 3. The van der Waals surface area contributed by atoms with E-state index in [2.05, 4.69) is 24.5 Å². The van der Waals surface area contributed by atoms with Crippen LogP contribution in [0.2, 0.25) is 0 Å². The SMILES string of the molecule is CCC(C)CCCCC(=O)N(C)C(CCO)C(=O)NCC(=O)NCC(=O)N(C)C. The van der Waals surface area contributed by atoms with Crippen molar-refractivity contribution in [3.8, 4) is 0 Å². The van der Waals surface area contributed by atoms with Crippen LogP contribution in [0.3, 0.4) is 0 Å². The highest BCUT2D eigenvalue weighted by atomic mass is 16.3. The van der Waals surface area contributed by atoms with Gasteiger partial charge in [-0.05, 0) is 18.8 Å². The summed E-state index contributed by atoms with van der Waals surface area (Å²) < 4.78 is 0. The number of rotatable bonds is 14. The Labute approximate surface area is 174 Å². The summed E-state index contributed by atoms with van der Waals surface area (Å²) in [4.78, 5) is 50.7. The summed E-state index contributed by atoms with van der Waals surface area (Å²) in [7, 11) is 4.69. The van der Waals surface area contributed by atoms with Crippen molar-refractivity contribution in [1.82, 2.24) is 20.4 Å². The van der Waals surface area contributed by atoms with Crippen molar-refractivity contribution in [2.24, 2.45) is 5.92 Å². The molecule has 0 bridgehead atoms. The average molecular weight is 415 g/mol. The molecule has 0 aromatic rings. The predicted molar refractivity (Wildman–Crippen MR) is 111 cm³/mol. The van der Waals surface area contributed by atoms with E-state index in [4.69, 9.17) is 0 Å². The van der Waals surface area contributed by atoms with Crippen molar-refractivity contribution >= 4 is 23.6 Å². The topological polar surface area (TPSA) is 119 Å². The highest BCUT2D eigenvalue weighted by Crippen LogP contribution is 2.13. The van der Waals surface area contributed by atoms with E-state index >= 15 is 0 Å². The molecule has 0 spiro atoms. The molecule has 3 N–H and O–H groups in total. The van der Waals surface area contributed by atoms with Gasteiger partial charge in [0, 0.05) is 34.2 Å². The van der Waals surface area contributed by atoms with Gasteiger partial charge in [-0.15, -0.1) is 0 Å². The summed E-state index contributed by atoms with van der Waals surface area (Å²) in [6.45, 7) is 3.60. The summed E-state index contributed by atoms with van der Waals surface area (Å²) in [6.07, 6.45) is 4.32. The van der Waals surface area contributed by atoms with Crippen LogP contribution in [0.4, 0.5) is 0 Å². The highest BCUT2D eigenvalue weighted by Gasteiger charge is 2.26. The lowest BCUT2D eigenvalue weighted by Gasteiger charge is -2.27. The zero-order chi connectivity index (χ0) is 22.4. The van der Waals surface area contributed by atoms with E-state index in [1.165, 1.54) is 16.8 Å². The number of nitrogens with one attached hydrogen (secondary N) is 2. The van der Waals surface area contributed by atoms with Gasteiger partial charge in [-0.2, -0.15) is 0 Å². The second-order valence-electron chi connectivity index (χ2n) is 7.57. The fraction of sp³-hybridized carbons (Fsp3) is 0.800. The van der Waals surface area contributed by atoms with E-state index in [9.17, 15) is 24.3 Å². The number of likely N-dealkylation sites (N-methyl/N-ethyl adjacent to an activating group) is 2. The number of unbranched alkanes of at least 4 members (excludes halogenated alkanes) is 1. The molecule has 168 valence electrons. The molecule has 9 heteroatoms. The van der Waals surface area contributed by atoms with E-state index < -0.39 is 17.9 Å². The van der Waals surface area contributed by atoms with E-state index in [1.807, 2.05) is 0 Å². The Kier molecular flexibility index (Phi) is 13.7. The summed E-state index contributed by atoms with van der Waals surface area (Å²) >= 11 is 0. The van der Waals surface area contributed by atoms with Gasteiger partial charge < -0.3 is 25.5 Å². The zero-order valence-electron chi connectivity index (χ0n) is 18.5. The molecule has 0 aromatic carbocycles. The van der Waals surface area contributed by atoms with Gasteiger partial charge in [0.05, 0.1) is 13.1 Å². The van der Waals surface area contributed by atoms with E-state index in [0.717, 1.165) is 25.7 Å². The Morgan fingerprint density at radius 1 is 0.931 bits per heavy atom. The third kappa shape index (κ3) is 11.4. The summed E-state index contributed by atoms with van der Waals surface area (Å²) in [5.41, 5.74) is 0. The maximum Gasteiger partial charge on any atom is 0.243 e. The largest absolute Gasteiger partial charge is 0.396 e. The first-order chi connectivity index (χ1) is 13.6. The van der Waals surface area contributed by atoms with E-state index in [-0.39, 0.29) is 37.9 Å². The van der Waals surface area contributed by atoms with E-state index in [1.54, 1.807) is 14.1 Å². The van der Waals surface area contributed by atoms with Crippen LogP contribution in [0.1, 0.15) is 52.4 Å². The Bertz CT molecular complexity index is 539. The Morgan fingerprint density at radius 2 is 1.59 bits per heavy atom. The van der Waals surface area contributed by atoms with Crippen molar-refractivity contribution < 1.29 is 24.3 Å². The maximum absolute atomic E-state index is 12.4. The van der Waals surface area contributed by atoms with Crippen molar-refractivity contribution in [2.45, 2.75) is 58.4 Å². The number of carbonyl (C=O) groups is 4. The van der Waals surface area contributed by atoms with Crippen molar-refractivity contribution in [3.05, 3.63) is 0 Å². The van der Waals surface area contributed by atoms with Crippen LogP contribution in [0.15, 0.2) is 0 Å². The molecule has 2 unspecified atom stereocenters. The quantitative estimate of drug-likeness (QED) is 0.349. The maximum atomic E-state index is 12.4. The normalized spacial score (nSPS) is 12.6. The van der Waals surface area contributed by atoms with Crippen LogP contribution in [-0.4, -0.2) is 85.4 Å². The van der Waals surface area contributed by atoms with Gasteiger partial charge in [-0.25, -0.2) is 0 Å². The van der Waals surface area contributed by atoms with Gasteiger partial charge in [0.2, 0.25) is 23.6 Å². The Hall–Kier alpha value is -2.16. The molecule has 0 rings (SSSR count). The van der Waals surface area contributed by atoms with Gasteiger partial charge in [0.15, 0.2) is 0 Å². The minimum Gasteiger partial charge on any atom is -0.396 e. The van der Waals surface area contributed by atoms with Crippen LogP contribution in [0, 0.1) is 5.92 Å². The number of nitrogens with zero attached hydrogens (tertiary/aromatic N) is 2. The molecule has 0 saturated heterocycles. The van der Waals surface area contributed by atoms with Crippen LogP contribution in [0.25, 0.3) is 0 Å². The first-order valence-corrected chi connectivity index (χ1v) is 10.2. The standard InChI is InChI=1S/C20H38N4O5/c1-6-15(2)9-7-8-10-18(27)24(5)16(11-12-25)20(29)22-13-17(26)21-14-19(28)23(3)4/h15-16,25H,6-14H2,1-5H3,(H,21,26)(H,22,29). The molecule has 0 aliphatic carbocycles. The average Bonchev–Trinajstić information content (AvgIpc) is 2.70. The zero-order valence-corrected chi connectivity index (χ0v) is 18.5. The summed E-state index contributed by atoms with van der Waals surface area (Å²) in [5.74, 6) is -0.806. The molecule has 2 atom stereocenters. The van der Waals surface area contributed by atoms with Crippen molar-refractivity contribution in [1.29, 1.82) is 0 Å². The smallest absolute Gasteiger partial charge is 0.243 e. The monoisotopic (exact) mass is 414 g/mol. The van der Waals surface area contributed by atoms with Crippen LogP contribution in [-0.2, 0) is 19.2 Å². The van der Waals surface area contributed by atoms with Gasteiger partial charge in [-0.3, -0.25) is 19.2 Å². The number of aliphatic hydroxyl groups is 1. The van der Waals surface area contributed by atoms with Gasteiger partial charge in [0.25, 0.3) is 0 Å². The van der Waals surface area contributed by atoms with Crippen molar-refractivity contribution in [2.75, 3.05) is 40.8 Å². The molecule has 0 aliphatic heterocycles. The number of carbonyl (C=O) groups excluding carboxylic acids is 4. The molecular weight excluding hydrogens is 376 g/mol. The van der Waals surface area contributed by atoms with Gasteiger partial charge in [0.1, 0.15) is 6.04 Å². The molecule has 9 nitrogen and oxygen atoms in total. The Morgan fingerprint density at radius 3 is 2.14 bits per heavy atom. The second-order valence-corrected chi connectivity index (χ2v) is 7.57. The molecule has 0 saturated carbocycles. The lowest BCUT2D eigenvalue weighted by molar-refractivity contribution is -0.140. The fourth-order valence-corrected chi connectivity index (χ4v) is 2.63. The van der Waals surface area contributed by atoms with Crippen LogP contribution < -0.4 is 10.6 Å². The number of aliphatic hydroxyl groups excluding tert-OH is 1. The predicted octanol–water partition coefficient (Wildman–Crippen LogP) is 0.123. The first-order valence-electron chi connectivity index (χ1n) is 10.2. The number of amides is 4. The fourth-order valence-electron chi connectivity index (χ4n) is 2.63. The van der Waals surface area contributed by atoms with Gasteiger partial charge in [-0.1, -0.05) is 33.1 Å². The summed E-state index contributed by atoms with van der Waals surface area (Å²) in [5, 5.41) is 14.1. The second kappa shape index (κ2) is 14.8. The molecule has 0 aliphatic rings. The third-order valence-corrected chi connectivity index (χ3v) is 4.96. The molecule has 0 aromatic heterocycles. The van der Waals surface area contributed by atoms with Crippen LogP contribution in [0.5, 0.6) is 0 Å². The molecule has 4 amide bonds. The third-order valence-electron chi connectivity index (χ3n) is 4.96. The molecule has 29 heavy (non-hydrogen) atoms. The first kappa shape index (κ1) is 26.8. The molecule has 0 heterocycles. The highest BCUT2D eigenvalue weighted by molar-refractivity contribution is 5.91. The minimum atomic E-state index is -0.849. The lowest BCUT2D eigenvalue weighted by Crippen LogP contribution is -2.50. The molecular formula is C20H38N4O5. The Balaban J connectivity index is 4.50. The number of hydrogen-bond acceptors (Lipinski definition) is 5. The van der Waals surface area contributed by atoms with Crippen molar-refractivity contribution in [3.63, 3.8) is 0 Å². The molecule has 0 radical (unpaired) electrons. The van der Waals surface area contributed by atoms with Crippen LogP contribution >= 0.6 is 0 Å². The van der Waals surface area contributed by atoms with E-state index in [0.29, 0.717) is 12.3 Å².